The molecule has 0 spiro atoms. The highest BCUT2D eigenvalue weighted by molar-refractivity contribution is 5.82. The number of halogens is 5. The summed E-state index contributed by atoms with van der Waals surface area (Å²) in [6.07, 6.45) is -0.816. The molecule has 0 saturated carbocycles. The average Bonchev–Trinajstić information content (AvgIpc) is 3.24. The molecule has 2 aliphatic rings. The van der Waals surface area contributed by atoms with Crippen LogP contribution in [0.2, 0.25) is 0 Å². The zero-order chi connectivity index (χ0) is 26.3. The molecule has 1 saturated heterocycles. The predicted octanol–water partition coefficient (Wildman–Crippen LogP) is 5.14. The Bertz CT molecular complexity index is 1370. The number of anilines is 1. The fourth-order valence-electron chi connectivity index (χ4n) is 4.56. The number of nitrogens with zero attached hydrogens (tertiary/aromatic N) is 4. The Kier molecular flexibility index (Phi) is 6.52. The number of hydrogen-bond donors (Lipinski definition) is 2. The molecule has 12 heteroatoms. The molecule has 1 aliphatic carbocycles. The van der Waals surface area contributed by atoms with Crippen LogP contribution in [0.1, 0.15) is 12.1 Å². The van der Waals surface area contributed by atoms with Crippen LogP contribution in [-0.2, 0) is 0 Å². The van der Waals surface area contributed by atoms with Crippen molar-refractivity contribution >= 4 is 16.7 Å². The SMILES string of the molecule is Cc1cc2c(F)c(Oc3ncnc(NC4C=C(C(F)(F)F)C(N5CCN(C)CC5)=CC4)c3F)ccc2[nH]1. The van der Waals surface area contributed by atoms with E-state index in [4.69, 9.17) is 4.74 Å². The molecule has 1 fully saturated rings. The number of aromatic nitrogens is 3. The van der Waals surface area contributed by atoms with E-state index in [9.17, 15) is 17.6 Å². The van der Waals surface area contributed by atoms with Gasteiger partial charge in [0.1, 0.15) is 6.33 Å². The number of allylic oxidation sites excluding steroid dienone is 1. The van der Waals surface area contributed by atoms with Gasteiger partial charge in [-0.05, 0) is 44.7 Å². The Balaban J connectivity index is 1.36. The summed E-state index contributed by atoms with van der Waals surface area (Å²) in [5, 5.41) is 2.98. The molecule has 7 nitrogen and oxygen atoms in total. The molecule has 0 bridgehead atoms. The largest absolute Gasteiger partial charge is 0.433 e. The molecule has 2 aromatic heterocycles. The van der Waals surface area contributed by atoms with Gasteiger partial charge in [0.05, 0.1) is 11.6 Å². The Hall–Kier alpha value is -3.67. The van der Waals surface area contributed by atoms with Crippen LogP contribution in [0.5, 0.6) is 11.6 Å². The van der Waals surface area contributed by atoms with Gasteiger partial charge in [-0.2, -0.15) is 22.5 Å². The van der Waals surface area contributed by atoms with Gasteiger partial charge in [-0.15, -0.1) is 0 Å². The maximum atomic E-state index is 15.2. The lowest BCUT2D eigenvalue weighted by atomic mass is 9.97. The summed E-state index contributed by atoms with van der Waals surface area (Å²) < 4.78 is 77.3. The first kappa shape index (κ1) is 25.0. The Labute approximate surface area is 209 Å². The lowest BCUT2D eigenvalue weighted by Crippen LogP contribution is -2.45. The topological polar surface area (TPSA) is 69.3 Å². The summed E-state index contributed by atoms with van der Waals surface area (Å²) in [4.78, 5) is 14.4. The number of alkyl halides is 3. The first-order valence-corrected chi connectivity index (χ1v) is 11.8. The number of rotatable bonds is 5. The maximum absolute atomic E-state index is 15.2. The summed E-state index contributed by atoms with van der Waals surface area (Å²) in [5.41, 5.74) is 0.663. The highest BCUT2D eigenvalue weighted by Gasteiger charge is 2.40. The van der Waals surface area contributed by atoms with Crippen molar-refractivity contribution in [2.24, 2.45) is 0 Å². The number of likely N-dealkylation sites (N-methyl/N-ethyl adjacent to an activating group) is 1. The normalized spacial score (nSPS) is 19.1. The van der Waals surface area contributed by atoms with Crippen LogP contribution >= 0.6 is 0 Å². The van der Waals surface area contributed by atoms with E-state index in [2.05, 4.69) is 25.2 Å². The molecule has 1 atom stereocenters. The number of nitrogens with one attached hydrogen (secondary N) is 2. The number of piperazine rings is 1. The van der Waals surface area contributed by atoms with E-state index >= 15 is 4.39 Å². The number of aryl methyl sites for hydroxylation is 1. The summed E-state index contributed by atoms with van der Waals surface area (Å²) >= 11 is 0. The van der Waals surface area contributed by atoms with Crippen molar-refractivity contribution in [3.63, 3.8) is 0 Å². The van der Waals surface area contributed by atoms with E-state index in [1.54, 1.807) is 24.0 Å². The van der Waals surface area contributed by atoms with Crippen LogP contribution in [0, 0.1) is 18.6 Å². The molecule has 2 N–H and O–H groups in total. The Morgan fingerprint density at radius 3 is 2.57 bits per heavy atom. The first-order valence-electron chi connectivity index (χ1n) is 11.8. The van der Waals surface area contributed by atoms with E-state index in [0.717, 1.165) is 18.1 Å². The van der Waals surface area contributed by atoms with Gasteiger partial charge in [0, 0.05) is 48.5 Å². The highest BCUT2D eigenvalue weighted by atomic mass is 19.4. The van der Waals surface area contributed by atoms with E-state index in [0.29, 0.717) is 31.7 Å². The molecular formula is C25H25F5N6O. The molecule has 0 radical (unpaired) electrons. The van der Waals surface area contributed by atoms with E-state index in [-0.39, 0.29) is 29.1 Å². The monoisotopic (exact) mass is 520 g/mol. The minimum absolute atomic E-state index is 0.136. The van der Waals surface area contributed by atoms with Gasteiger partial charge in [0.2, 0.25) is 5.82 Å². The highest BCUT2D eigenvalue weighted by Crippen LogP contribution is 2.37. The van der Waals surface area contributed by atoms with Gasteiger partial charge in [0.25, 0.3) is 5.88 Å². The molecule has 5 rings (SSSR count). The van der Waals surface area contributed by atoms with Crippen LogP contribution in [-0.4, -0.2) is 70.2 Å². The fourth-order valence-corrected chi connectivity index (χ4v) is 4.56. The van der Waals surface area contributed by atoms with Gasteiger partial charge in [0.15, 0.2) is 17.4 Å². The summed E-state index contributed by atoms with van der Waals surface area (Å²) in [5.74, 6) is -2.87. The summed E-state index contributed by atoms with van der Waals surface area (Å²) in [6, 6.07) is 3.65. The predicted molar refractivity (Wildman–Crippen MR) is 128 cm³/mol. The minimum atomic E-state index is -4.58. The maximum Gasteiger partial charge on any atom is 0.418 e. The number of benzene rings is 1. The molecule has 1 aliphatic heterocycles. The lowest BCUT2D eigenvalue weighted by molar-refractivity contribution is -0.0924. The average molecular weight is 521 g/mol. The number of ether oxygens (including phenoxy) is 1. The van der Waals surface area contributed by atoms with Gasteiger partial charge < -0.3 is 24.8 Å². The second kappa shape index (κ2) is 9.66. The molecule has 1 aromatic carbocycles. The van der Waals surface area contributed by atoms with Crippen molar-refractivity contribution in [1.29, 1.82) is 0 Å². The van der Waals surface area contributed by atoms with Crippen molar-refractivity contribution in [3.05, 3.63) is 65.3 Å². The smallest absolute Gasteiger partial charge is 0.418 e. The lowest BCUT2D eigenvalue weighted by Gasteiger charge is -2.38. The van der Waals surface area contributed by atoms with Gasteiger partial charge >= 0.3 is 6.18 Å². The van der Waals surface area contributed by atoms with E-state index < -0.39 is 35.3 Å². The van der Waals surface area contributed by atoms with Crippen molar-refractivity contribution in [3.8, 4) is 11.6 Å². The summed E-state index contributed by atoms with van der Waals surface area (Å²) in [7, 11) is 1.93. The van der Waals surface area contributed by atoms with Crippen molar-refractivity contribution in [1.82, 2.24) is 24.8 Å². The molecular weight excluding hydrogens is 495 g/mol. The zero-order valence-electron chi connectivity index (χ0n) is 20.2. The number of aromatic amines is 1. The Morgan fingerprint density at radius 2 is 1.84 bits per heavy atom. The number of fused-ring (bicyclic) bond motifs is 1. The van der Waals surface area contributed by atoms with E-state index in [1.807, 2.05) is 7.05 Å². The van der Waals surface area contributed by atoms with Crippen molar-refractivity contribution in [2.75, 3.05) is 38.5 Å². The third kappa shape index (κ3) is 5.10. The Morgan fingerprint density at radius 1 is 1.08 bits per heavy atom. The van der Waals surface area contributed by atoms with Gasteiger partial charge in [-0.3, -0.25) is 0 Å². The van der Waals surface area contributed by atoms with Crippen LogP contribution in [0.3, 0.4) is 0 Å². The van der Waals surface area contributed by atoms with E-state index in [1.165, 1.54) is 12.1 Å². The third-order valence-electron chi connectivity index (χ3n) is 6.48. The minimum Gasteiger partial charge on any atom is -0.433 e. The van der Waals surface area contributed by atoms with Gasteiger partial charge in [-0.25, -0.2) is 9.37 Å². The third-order valence-corrected chi connectivity index (χ3v) is 6.48. The number of hydrogen-bond acceptors (Lipinski definition) is 6. The first-order chi connectivity index (χ1) is 17.6. The van der Waals surface area contributed by atoms with Crippen LogP contribution in [0.4, 0.5) is 27.8 Å². The van der Waals surface area contributed by atoms with Crippen molar-refractivity contribution < 1.29 is 26.7 Å². The molecule has 3 aromatic rings. The number of H-pyrrole nitrogens is 1. The fraction of sp³-hybridized carbons (Fsp3) is 0.360. The van der Waals surface area contributed by atoms with Crippen LogP contribution in [0.15, 0.2) is 47.9 Å². The molecule has 196 valence electrons. The second-order valence-electron chi connectivity index (χ2n) is 9.18. The zero-order valence-corrected chi connectivity index (χ0v) is 20.2. The van der Waals surface area contributed by atoms with Crippen LogP contribution < -0.4 is 10.1 Å². The molecule has 3 heterocycles. The summed E-state index contributed by atoms with van der Waals surface area (Å²) in [6.45, 7) is 4.07. The standard InChI is InChI=1S/C25H25F5N6O/c1-14-11-16-18(33-14)4-6-20(21(16)26)37-24-22(27)23(31-13-32-24)34-15-3-5-19(17(12-15)25(28,29)30)36-9-7-35(2)8-10-36/h4-6,11-13,15,33H,3,7-10H2,1-2H3,(H,31,32,34). The molecule has 0 amide bonds. The molecule has 1 unspecified atom stereocenters. The van der Waals surface area contributed by atoms with Crippen molar-refractivity contribution in [2.45, 2.75) is 25.6 Å². The van der Waals surface area contributed by atoms with Crippen LogP contribution in [0.25, 0.3) is 10.9 Å². The second-order valence-corrected chi connectivity index (χ2v) is 9.18. The van der Waals surface area contributed by atoms with Gasteiger partial charge in [-0.1, -0.05) is 6.08 Å². The quantitative estimate of drug-likeness (QED) is 0.454. The molecule has 37 heavy (non-hydrogen) atoms.